The zero-order valence-electron chi connectivity index (χ0n) is 13.4. The molecule has 0 saturated carbocycles. The molecule has 0 spiro atoms. The van der Waals surface area contributed by atoms with E-state index in [9.17, 15) is 4.79 Å². The maximum absolute atomic E-state index is 12.2. The highest BCUT2D eigenvalue weighted by Gasteiger charge is 2.05. The van der Waals surface area contributed by atoms with Crippen molar-refractivity contribution in [2.75, 3.05) is 6.61 Å². The fraction of sp³-hybridized carbons (Fsp3) is 0.211. The van der Waals surface area contributed by atoms with Crippen LogP contribution in [0.2, 0.25) is 5.02 Å². The highest BCUT2D eigenvalue weighted by molar-refractivity contribution is 6.31. The lowest BCUT2D eigenvalue weighted by Gasteiger charge is -2.08. The van der Waals surface area contributed by atoms with Crippen LogP contribution in [-0.2, 0) is 13.1 Å². The van der Waals surface area contributed by atoms with Crippen molar-refractivity contribution in [2.24, 2.45) is 0 Å². The van der Waals surface area contributed by atoms with Gasteiger partial charge in [0.15, 0.2) is 0 Å². The number of benzene rings is 2. The monoisotopic (exact) mass is 342 g/mol. The van der Waals surface area contributed by atoms with Crippen molar-refractivity contribution in [1.82, 2.24) is 10.3 Å². The molecule has 0 aliphatic rings. The van der Waals surface area contributed by atoms with Gasteiger partial charge < -0.3 is 15.0 Å². The molecule has 0 bridgehead atoms. The van der Waals surface area contributed by atoms with Gasteiger partial charge in [-0.05, 0) is 42.8 Å². The molecule has 4 nitrogen and oxygen atoms in total. The SMILES string of the molecule is CCOc1ccc2[nH]c(=O)c(CNCc3ccccc3Cl)cc2c1. The summed E-state index contributed by atoms with van der Waals surface area (Å²) in [5.41, 5.74) is 2.41. The van der Waals surface area contributed by atoms with Crippen LogP contribution in [0.3, 0.4) is 0 Å². The minimum absolute atomic E-state index is 0.0849. The Labute approximate surface area is 145 Å². The maximum atomic E-state index is 12.2. The highest BCUT2D eigenvalue weighted by atomic mass is 35.5. The van der Waals surface area contributed by atoms with E-state index in [2.05, 4.69) is 10.3 Å². The smallest absolute Gasteiger partial charge is 0.252 e. The van der Waals surface area contributed by atoms with Crippen LogP contribution in [0.1, 0.15) is 18.1 Å². The van der Waals surface area contributed by atoms with Crippen LogP contribution in [0, 0.1) is 0 Å². The molecule has 3 aromatic rings. The Morgan fingerprint density at radius 3 is 2.67 bits per heavy atom. The molecule has 1 aromatic heterocycles. The summed E-state index contributed by atoms with van der Waals surface area (Å²) in [5.74, 6) is 0.798. The number of hydrogen-bond acceptors (Lipinski definition) is 3. The summed E-state index contributed by atoms with van der Waals surface area (Å²) < 4.78 is 5.51. The van der Waals surface area contributed by atoms with E-state index in [1.54, 1.807) is 0 Å². The van der Waals surface area contributed by atoms with Crippen molar-refractivity contribution in [3.05, 3.63) is 75.0 Å². The summed E-state index contributed by atoms with van der Waals surface area (Å²) >= 11 is 6.14. The zero-order valence-corrected chi connectivity index (χ0v) is 14.2. The number of aromatic amines is 1. The summed E-state index contributed by atoms with van der Waals surface area (Å²) in [6.45, 7) is 3.63. The van der Waals surface area contributed by atoms with E-state index in [1.807, 2.05) is 55.5 Å². The van der Waals surface area contributed by atoms with E-state index < -0.39 is 0 Å². The zero-order chi connectivity index (χ0) is 16.9. The Bertz CT molecular complexity index is 905. The second-order valence-electron chi connectivity index (χ2n) is 5.50. The van der Waals surface area contributed by atoms with Crippen LogP contribution in [0.5, 0.6) is 5.75 Å². The minimum Gasteiger partial charge on any atom is -0.494 e. The van der Waals surface area contributed by atoms with Crippen molar-refractivity contribution in [1.29, 1.82) is 0 Å². The third-order valence-electron chi connectivity index (χ3n) is 3.79. The lowest BCUT2D eigenvalue weighted by molar-refractivity contribution is 0.340. The number of ether oxygens (including phenoxy) is 1. The number of H-pyrrole nitrogens is 1. The third-order valence-corrected chi connectivity index (χ3v) is 4.16. The van der Waals surface area contributed by atoms with Gasteiger partial charge in [-0.1, -0.05) is 29.8 Å². The highest BCUT2D eigenvalue weighted by Crippen LogP contribution is 2.19. The molecule has 0 saturated heterocycles. The number of hydrogen-bond donors (Lipinski definition) is 2. The number of fused-ring (bicyclic) bond motifs is 1. The van der Waals surface area contributed by atoms with Gasteiger partial charge in [0.05, 0.1) is 6.61 Å². The Morgan fingerprint density at radius 2 is 1.88 bits per heavy atom. The number of rotatable bonds is 6. The molecular weight excluding hydrogens is 324 g/mol. The number of aromatic nitrogens is 1. The molecule has 0 radical (unpaired) electrons. The second-order valence-corrected chi connectivity index (χ2v) is 5.91. The van der Waals surface area contributed by atoms with Gasteiger partial charge in [0.1, 0.15) is 5.75 Å². The fourth-order valence-electron chi connectivity index (χ4n) is 2.59. The molecule has 124 valence electrons. The average Bonchev–Trinajstić information content (AvgIpc) is 2.57. The Hall–Kier alpha value is -2.30. The first-order valence-corrected chi connectivity index (χ1v) is 8.28. The molecule has 1 heterocycles. The van der Waals surface area contributed by atoms with E-state index in [1.165, 1.54) is 0 Å². The lowest BCUT2D eigenvalue weighted by Crippen LogP contribution is -2.20. The Morgan fingerprint density at radius 1 is 1.08 bits per heavy atom. The van der Waals surface area contributed by atoms with Crippen LogP contribution in [0.4, 0.5) is 0 Å². The number of halogens is 1. The van der Waals surface area contributed by atoms with E-state index in [0.29, 0.717) is 25.3 Å². The van der Waals surface area contributed by atoms with Gasteiger partial charge in [-0.25, -0.2) is 0 Å². The molecule has 2 N–H and O–H groups in total. The van der Waals surface area contributed by atoms with E-state index >= 15 is 0 Å². The van der Waals surface area contributed by atoms with E-state index in [4.69, 9.17) is 16.3 Å². The van der Waals surface area contributed by atoms with Gasteiger partial charge in [0.25, 0.3) is 5.56 Å². The molecule has 3 rings (SSSR count). The van der Waals surface area contributed by atoms with E-state index in [-0.39, 0.29) is 5.56 Å². The van der Waals surface area contributed by atoms with Crippen molar-refractivity contribution >= 4 is 22.5 Å². The van der Waals surface area contributed by atoms with Crippen LogP contribution in [-0.4, -0.2) is 11.6 Å². The lowest BCUT2D eigenvalue weighted by atomic mass is 10.1. The second kappa shape index (κ2) is 7.51. The van der Waals surface area contributed by atoms with Crippen LogP contribution < -0.4 is 15.6 Å². The predicted molar refractivity (Wildman–Crippen MR) is 97.7 cm³/mol. The maximum Gasteiger partial charge on any atom is 0.252 e. The van der Waals surface area contributed by atoms with Gasteiger partial charge in [0.2, 0.25) is 0 Å². The number of pyridine rings is 1. The summed E-state index contributed by atoms with van der Waals surface area (Å²) in [4.78, 5) is 15.1. The summed E-state index contributed by atoms with van der Waals surface area (Å²) in [6.07, 6.45) is 0. The Kier molecular flexibility index (Phi) is 5.18. The standard InChI is InChI=1S/C19H19ClN2O2/c1-2-24-16-7-8-18-14(10-16)9-15(19(23)22-18)12-21-11-13-5-3-4-6-17(13)20/h3-10,21H,2,11-12H2,1H3,(H,22,23). The van der Waals surface area contributed by atoms with Gasteiger partial charge in [-0.3, -0.25) is 4.79 Å². The quantitative estimate of drug-likeness (QED) is 0.715. The third kappa shape index (κ3) is 3.78. The molecule has 2 aromatic carbocycles. The molecule has 24 heavy (non-hydrogen) atoms. The normalized spacial score (nSPS) is 10.9. The van der Waals surface area contributed by atoms with Gasteiger partial charge in [0, 0.05) is 34.6 Å². The number of nitrogens with one attached hydrogen (secondary N) is 2. The van der Waals surface area contributed by atoms with Crippen molar-refractivity contribution in [3.63, 3.8) is 0 Å². The molecule has 0 unspecified atom stereocenters. The summed E-state index contributed by atoms with van der Waals surface area (Å²) in [6, 6.07) is 15.2. The largest absolute Gasteiger partial charge is 0.494 e. The first-order valence-electron chi connectivity index (χ1n) is 7.90. The summed E-state index contributed by atoms with van der Waals surface area (Å²) in [7, 11) is 0. The van der Waals surface area contributed by atoms with E-state index in [0.717, 1.165) is 27.2 Å². The van der Waals surface area contributed by atoms with Crippen LogP contribution in [0.25, 0.3) is 10.9 Å². The van der Waals surface area contributed by atoms with Crippen molar-refractivity contribution in [3.8, 4) is 5.75 Å². The van der Waals surface area contributed by atoms with Crippen LogP contribution in [0.15, 0.2) is 53.3 Å². The first-order chi connectivity index (χ1) is 11.7. The van der Waals surface area contributed by atoms with Crippen molar-refractivity contribution < 1.29 is 4.74 Å². The fourth-order valence-corrected chi connectivity index (χ4v) is 2.79. The van der Waals surface area contributed by atoms with Crippen molar-refractivity contribution in [2.45, 2.75) is 20.0 Å². The Balaban J connectivity index is 1.77. The molecule has 0 fully saturated rings. The van der Waals surface area contributed by atoms with Gasteiger partial charge in [-0.15, -0.1) is 0 Å². The summed E-state index contributed by atoms with van der Waals surface area (Å²) in [5, 5.41) is 4.94. The average molecular weight is 343 g/mol. The molecule has 0 aliphatic heterocycles. The predicted octanol–water partition coefficient (Wildman–Crippen LogP) is 3.87. The topological polar surface area (TPSA) is 54.1 Å². The first kappa shape index (κ1) is 16.6. The van der Waals surface area contributed by atoms with Gasteiger partial charge in [-0.2, -0.15) is 0 Å². The molecule has 0 atom stereocenters. The van der Waals surface area contributed by atoms with Crippen LogP contribution >= 0.6 is 11.6 Å². The molecule has 0 amide bonds. The molecular formula is C19H19ClN2O2. The minimum atomic E-state index is -0.0849. The molecule has 0 aliphatic carbocycles. The van der Waals surface area contributed by atoms with Gasteiger partial charge >= 0.3 is 0 Å². The molecule has 5 heteroatoms.